The molecule has 0 aromatic heterocycles. The van der Waals surface area contributed by atoms with E-state index >= 15 is 0 Å². The zero-order valence-corrected chi connectivity index (χ0v) is 10.6. The second-order valence-electron chi connectivity index (χ2n) is 3.64. The van der Waals surface area contributed by atoms with Crippen LogP contribution in [0.3, 0.4) is 0 Å². The van der Waals surface area contributed by atoms with Crippen LogP contribution in [0.2, 0.25) is 0 Å². The summed E-state index contributed by atoms with van der Waals surface area (Å²) < 4.78 is 4.88. The molecule has 0 saturated heterocycles. The van der Waals surface area contributed by atoms with Crippen molar-refractivity contribution in [3.05, 3.63) is 29.8 Å². The summed E-state index contributed by atoms with van der Waals surface area (Å²) in [5.41, 5.74) is 5.18. The number of rotatable bonds is 4. The number of carboxylic acid groups (broad SMARTS) is 2. The number of aliphatic hydroxyl groups excluding tert-OH is 1. The molecule has 7 heteroatoms. The summed E-state index contributed by atoms with van der Waals surface area (Å²) in [6.07, 6.45) is -1.47. The molecule has 106 valence electrons. The van der Waals surface area contributed by atoms with Gasteiger partial charge in [0.05, 0.1) is 7.11 Å². The molecule has 1 rings (SSSR count). The quantitative estimate of drug-likeness (QED) is 0.616. The smallest absolute Gasteiger partial charge is 0.337 e. The zero-order chi connectivity index (χ0) is 15.0. The molecule has 0 amide bonds. The third-order valence-electron chi connectivity index (χ3n) is 2.05. The molecule has 0 aliphatic heterocycles. The van der Waals surface area contributed by atoms with E-state index in [1.54, 1.807) is 12.1 Å². The first-order valence-electron chi connectivity index (χ1n) is 5.32. The van der Waals surface area contributed by atoms with Gasteiger partial charge < -0.3 is 25.8 Å². The number of carbonyl (C=O) groups is 2. The summed E-state index contributed by atoms with van der Waals surface area (Å²) in [5.74, 6) is -1.60. The molecule has 1 aromatic carbocycles. The predicted molar refractivity (Wildman–Crippen MR) is 66.9 cm³/mol. The van der Waals surface area contributed by atoms with Crippen LogP contribution >= 0.6 is 0 Å². The van der Waals surface area contributed by atoms with Crippen molar-refractivity contribution < 1.29 is 29.6 Å². The lowest BCUT2D eigenvalue weighted by Gasteiger charge is -2.06. The molecule has 0 heterocycles. The molecule has 0 saturated carbocycles. The van der Waals surface area contributed by atoms with Gasteiger partial charge in [0.25, 0.3) is 0 Å². The van der Waals surface area contributed by atoms with Crippen molar-refractivity contribution in [1.82, 2.24) is 0 Å². The van der Waals surface area contributed by atoms with Crippen LogP contribution in [-0.4, -0.2) is 40.4 Å². The van der Waals surface area contributed by atoms with Crippen molar-refractivity contribution in [1.29, 1.82) is 0 Å². The van der Waals surface area contributed by atoms with E-state index in [9.17, 15) is 9.59 Å². The van der Waals surface area contributed by atoms with Crippen molar-refractivity contribution in [3.8, 4) is 5.75 Å². The lowest BCUT2D eigenvalue weighted by molar-refractivity contribution is -0.147. The van der Waals surface area contributed by atoms with Crippen molar-refractivity contribution in [3.63, 3.8) is 0 Å². The Morgan fingerprint density at radius 1 is 1.16 bits per heavy atom. The topological polar surface area (TPSA) is 130 Å². The minimum Gasteiger partial charge on any atom is -0.497 e. The minimum absolute atomic E-state index is 0.341. The van der Waals surface area contributed by atoms with E-state index < -0.39 is 24.1 Å². The van der Waals surface area contributed by atoms with Gasteiger partial charge in [-0.25, -0.2) is 4.79 Å². The van der Waals surface area contributed by atoms with Crippen LogP contribution in [0, 0.1) is 0 Å². The highest BCUT2D eigenvalue weighted by atomic mass is 16.5. The summed E-state index contributed by atoms with van der Waals surface area (Å²) in [4.78, 5) is 19.9. The van der Waals surface area contributed by atoms with Gasteiger partial charge in [-0.3, -0.25) is 4.79 Å². The molecule has 0 bridgehead atoms. The van der Waals surface area contributed by atoms with E-state index in [0.717, 1.165) is 0 Å². The van der Waals surface area contributed by atoms with Crippen LogP contribution in [0.4, 0.5) is 0 Å². The van der Waals surface area contributed by atoms with Crippen molar-refractivity contribution in [2.24, 2.45) is 5.73 Å². The first-order valence-corrected chi connectivity index (χ1v) is 5.32. The Bertz CT molecular complexity index is 415. The van der Waals surface area contributed by atoms with Gasteiger partial charge in [0.2, 0.25) is 0 Å². The van der Waals surface area contributed by atoms with Crippen LogP contribution in [0.25, 0.3) is 0 Å². The highest BCUT2D eigenvalue weighted by molar-refractivity contribution is 5.74. The molecule has 7 nitrogen and oxygen atoms in total. The lowest BCUT2D eigenvalue weighted by atomic mass is 10.1. The monoisotopic (exact) mass is 271 g/mol. The van der Waals surface area contributed by atoms with Crippen molar-refractivity contribution in [2.75, 3.05) is 7.11 Å². The Morgan fingerprint density at radius 2 is 1.58 bits per heavy atom. The number of nitrogens with two attached hydrogens (primary N) is 1. The third kappa shape index (κ3) is 6.39. The predicted octanol–water partition coefficient (Wildman–Crippen LogP) is 0.231. The van der Waals surface area contributed by atoms with Crippen LogP contribution in [-0.2, 0) is 9.59 Å². The average Bonchev–Trinajstić information content (AvgIpc) is 2.38. The fourth-order valence-corrected chi connectivity index (χ4v) is 0.929. The normalized spacial score (nSPS) is 12.6. The summed E-state index contributed by atoms with van der Waals surface area (Å²) in [7, 11) is 1.52. The molecule has 0 aliphatic carbocycles. The number of benzene rings is 1. The molecule has 1 unspecified atom stereocenters. The Kier molecular flexibility index (Phi) is 7.16. The number of hydrogen-bond donors (Lipinski definition) is 4. The molecule has 1 aromatic rings. The van der Waals surface area contributed by atoms with Gasteiger partial charge in [-0.2, -0.15) is 0 Å². The Labute approximate surface area is 110 Å². The zero-order valence-electron chi connectivity index (χ0n) is 10.6. The van der Waals surface area contributed by atoms with Crippen LogP contribution in [0.5, 0.6) is 5.75 Å². The van der Waals surface area contributed by atoms with Crippen LogP contribution < -0.4 is 10.5 Å². The van der Waals surface area contributed by atoms with E-state index in [1.165, 1.54) is 26.2 Å². The van der Waals surface area contributed by atoms with E-state index in [-0.39, 0.29) is 0 Å². The Morgan fingerprint density at radius 3 is 1.84 bits per heavy atom. The van der Waals surface area contributed by atoms with Crippen molar-refractivity contribution >= 4 is 11.9 Å². The van der Waals surface area contributed by atoms with Gasteiger partial charge in [0, 0.05) is 0 Å². The molecular formula is C12H17NO6. The van der Waals surface area contributed by atoms with Gasteiger partial charge in [-0.05, 0) is 24.6 Å². The second kappa shape index (κ2) is 8.06. The van der Waals surface area contributed by atoms with Crippen molar-refractivity contribution in [2.45, 2.75) is 19.1 Å². The van der Waals surface area contributed by atoms with Gasteiger partial charge >= 0.3 is 11.9 Å². The summed E-state index contributed by atoms with van der Waals surface area (Å²) in [5, 5.41) is 25.5. The second-order valence-corrected chi connectivity index (χ2v) is 3.64. The standard InChI is InChI=1S/C9H10O4.C3H7NO2/c1-13-7-4-2-6(3-5-7)8(10)9(11)12;1-2(4)3(5)6/h2-5,8,10H,1H3,(H,11,12);2H,4H2,1H3,(H,5,6)/t;2-/m.1/s1. The number of carboxylic acids is 2. The fraction of sp³-hybridized carbons (Fsp3) is 0.333. The Balaban J connectivity index is 0.000000459. The third-order valence-corrected chi connectivity index (χ3v) is 2.05. The molecular weight excluding hydrogens is 254 g/mol. The number of aliphatic carboxylic acids is 2. The largest absolute Gasteiger partial charge is 0.497 e. The van der Waals surface area contributed by atoms with Gasteiger partial charge in [-0.15, -0.1) is 0 Å². The molecule has 0 radical (unpaired) electrons. The molecule has 0 aliphatic rings. The Hall–Kier alpha value is -2.12. The van der Waals surface area contributed by atoms with Crippen LogP contribution in [0.1, 0.15) is 18.6 Å². The number of aliphatic hydroxyl groups is 1. The maximum atomic E-state index is 10.4. The van der Waals surface area contributed by atoms with Crippen LogP contribution in [0.15, 0.2) is 24.3 Å². The highest BCUT2D eigenvalue weighted by Gasteiger charge is 2.14. The van der Waals surface area contributed by atoms with E-state index in [0.29, 0.717) is 11.3 Å². The minimum atomic E-state index is -1.47. The van der Waals surface area contributed by atoms with Gasteiger partial charge in [0.1, 0.15) is 11.8 Å². The maximum absolute atomic E-state index is 10.4. The molecule has 0 fully saturated rings. The molecule has 19 heavy (non-hydrogen) atoms. The number of methoxy groups -OCH3 is 1. The van der Waals surface area contributed by atoms with Gasteiger partial charge in [0.15, 0.2) is 6.10 Å². The first kappa shape index (κ1) is 16.9. The van der Waals surface area contributed by atoms with Gasteiger partial charge in [-0.1, -0.05) is 12.1 Å². The fourth-order valence-electron chi connectivity index (χ4n) is 0.929. The molecule has 5 N–H and O–H groups in total. The summed E-state index contributed by atoms with van der Waals surface area (Å²) in [6.45, 7) is 1.42. The molecule has 0 spiro atoms. The van der Waals surface area contributed by atoms with E-state index in [2.05, 4.69) is 0 Å². The van der Waals surface area contributed by atoms with E-state index in [4.69, 9.17) is 25.8 Å². The summed E-state index contributed by atoms with van der Waals surface area (Å²) >= 11 is 0. The highest BCUT2D eigenvalue weighted by Crippen LogP contribution is 2.17. The van der Waals surface area contributed by atoms with E-state index in [1.807, 2.05) is 0 Å². The number of ether oxygens (including phenoxy) is 1. The molecule has 2 atom stereocenters. The average molecular weight is 271 g/mol. The first-order chi connectivity index (χ1) is 8.79. The SMILES string of the molecule is COc1ccc(C(O)C(=O)O)cc1.C[C@@H](N)C(=O)O. The number of hydrogen-bond acceptors (Lipinski definition) is 5. The lowest BCUT2D eigenvalue weighted by Crippen LogP contribution is -2.25. The maximum Gasteiger partial charge on any atom is 0.337 e. The summed E-state index contributed by atoms with van der Waals surface area (Å²) in [6, 6.07) is 5.49.